The van der Waals surface area contributed by atoms with Crippen molar-refractivity contribution < 1.29 is 4.79 Å². The zero-order valence-corrected chi connectivity index (χ0v) is 8.28. The van der Waals surface area contributed by atoms with Crippen LogP contribution in [-0.4, -0.2) is 5.91 Å². The molecular formula is C8H8N4OS. The van der Waals surface area contributed by atoms with Crippen LogP contribution in [0.15, 0.2) is 33.7 Å². The second-order valence-electron chi connectivity index (χ2n) is 2.47. The van der Waals surface area contributed by atoms with Gasteiger partial charge in [0.2, 0.25) is 5.91 Å². The van der Waals surface area contributed by atoms with Gasteiger partial charge in [0, 0.05) is 22.4 Å². The van der Waals surface area contributed by atoms with Crippen LogP contribution in [-0.2, 0) is 4.79 Å². The van der Waals surface area contributed by atoms with Crippen molar-refractivity contribution in [2.45, 2.75) is 11.8 Å². The fourth-order valence-electron chi connectivity index (χ4n) is 0.868. The Bertz CT molecular complexity index is 346. The number of amides is 1. The van der Waals surface area contributed by atoms with Crippen molar-refractivity contribution in [3.05, 3.63) is 34.7 Å². The van der Waals surface area contributed by atoms with Gasteiger partial charge in [-0.15, -0.1) is 0 Å². The molecule has 1 amide bonds. The van der Waals surface area contributed by atoms with E-state index >= 15 is 0 Å². The molecule has 0 saturated carbocycles. The maximum atomic E-state index is 10.7. The number of nitrogens with zero attached hydrogens (tertiary/aromatic N) is 3. The number of carbonyl (C=O) groups is 1. The Morgan fingerprint density at radius 3 is 2.64 bits per heavy atom. The third kappa shape index (κ3) is 3.38. The van der Waals surface area contributed by atoms with E-state index in [1.807, 2.05) is 0 Å². The number of hydrogen-bond acceptors (Lipinski definition) is 3. The van der Waals surface area contributed by atoms with Crippen LogP contribution < -0.4 is 5.32 Å². The van der Waals surface area contributed by atoms with E-state index in [0.29, 0.717) is 0 Å². The lowest BCUT2D eigenvalue weighted by molar-refractivity contribution is -0.114. The molecule has 0 unspecified atom stereocenters. The highest BCUT2D eigenvalue weighted by atomic mass is 32.2. The molecule has 1 aromatic carbocycles. The fourth-order valence-corrected chi connectivity index (χ4v) is 1.26. The molecule has 1 N–H and O–H groups in total. The number of nitrogens with one attached hydrogen (secondary N) is 1. The average molecular weight is 208 g/mol. The van der Waals surface area contributed by atoms with Crippen LogP contribution in [0, 0.1) is 0 Å². The predicted molar refractivity (Wildman–Crippen MR) is 55.7 cm³/mol. The molecule has 0 heterocycles. The van der Waals surface area contributed by atoms with Gasteiger partial charge in [0.25, 0.3) is 0 Å². The molecule has 0 spiro atoms. The van der Waals surface area contributed by atoms with Crippen LogP contribution in [0.5, 0.6) is 0 Å². The maximum absolute atomic E-state index is 10.7. The number of carbonyl (C=O) groups excluding carboxylic acids is 1. The van der Waals surface area contributed by atoms with E-state index in [9.17, 15) is 4.79 Å². The summed E-state index contributed by atoms with van der Waals surface area (Å²) in [5.41, 5.74) is 8.81. The molecule has 0 fully saturated rings. The number of benzene rings is 1. The van der Waals surface area contributed by atoms with Crippen LogP contribution >= 0.6 is 11.9 Å². The summed E-state index contributed by atoms with van der Waals surface area (Å²) in [5.74, 6) is -0.111. The lowest BCUT2D eigenvalue weighted by atomic mass is 10.3. The zero-order chi connectivity index (χ0) is 10.4. The van der Waals surface area contributed by atoms with Gasteiger partial charge in [-0.2, -0.15) is 0 Å². The summed E-state index contributed by atoms with van der Waals surface area (Å²) in [6, 6.07) is 7.03. The molecule has 1 aromatic rings. The molecule has 0 aromatic heterocycles. The summed E-state index contributed by atoms with van der Waals surface area (Å²) in [5, 5.41) is 2.64. The molecule has 5 nitrogen and oxygen atoms in total. The summed E-state index contributed by atoms with van der Waals surface area (Å²) in [7, 11) is 0. The van der Waals surface area contributed by atoms with Gasteiger partial charge < -0.3 is 5.32 Å². The van der Waals surface area contributed by atoms with Crippen LogP contribution in [0.25, 0.3) is 10.4 Å². The first kappa shape index (κ1) is 10.4. The van der Waals surface area contributed by atoms with Crippen LogP contribution in [0.1, 0.15) is 6.92 Å². The number of azide groups is 1. The number of hydrogen-bond donors (Lipinski definition) is 1. The summed E-state index contributed by atoms with van der Waals surface area (Å²) in [6.45, 7) is 1.45. The number of rotatable bonds is 3. The summed E-state index contributed by atoms with van der Waals surface area (Å²) < 4.78 is 3.34. The SMILES string of the molecule is CC(=O)Nc1ccc(SN=[N+]=[N-])cc1. The van der Waals surface area contributed by atoms with Gasteiger partial charge in [0.1, 0.15) is 0 Å². The quantitative estimate of drug-likeness (QED) is 0.358. The van der Waals surface area contributed by atoms with Gasteiger partial charge in [-0.1, -0.05) is 0 Å². The van der Waals surface area contributed by atoms with Crippen molar-refractivity contribution in [2.24, 2.45) is 4.52 Å². The minimum Gasteiger partial charge on any atom is -0.326 e. The topological polar surface area (TPSA) is 77.9 Å². The van der Waals surface area contributed by atoms with Gasteiger partial charge in [0.15, 0.2) is 0 Å². The Kier molecular flexibility index (Phi) is 3.84. The molecule has 0 saturated heterocycles. The minimum atomic E-state index is -0.111. The summed E-state index contributed by atoms with van der Waals surface area (Å²) >= 11 is 1.04. The molecule has 0 bridgehead atoms. The zero-order valence-electron chi connectivity index (χ0n) is 7.47. The third-order valence-electron chi connectivity index (χ3n) is 1.36. The molecule has 0 aliphatic rings. The molecule has 0 aliphatic heterocycles. The molecule has 14 heavy (non-hydrogen) atoms. The molecule has 1 rings (SSSR count). The highest BCUT2D eigenvalue weighted by Crippen LogP contribution is 2.21. The second-order valence-corrected chi connectivity index (χ2v) is 3.29. The fraction of sp³-hybridized carbons (Fsp3) is 0.125. The Morgan fingerprint density at radius 1 is 1.50 bits per heavy atom. The predicted octanol–water partition coefficient (Wildman–Crippen LogP) is 2.96. The summed E-state index contributed by atoms with van der Waals surface area (Å²) in [6.07, 6.45) is 0. The van der Waals surface area contributed by atoms with Gasteiger partial charge in [-0.3, -0.25) is 4.79 Å². The third-order valence-corrected chi connectivity index (χ3v) is 2.00. The Labute approximate surface area is 85.3 Å². The van der Waals surface area contributed by atoms with Crippen LogP contribution in [0.3, 0.4) is 0 Å². The van der Waals surface area contributed by atoms with E-state index in [2.05, 4.69) is 14.7 Å². The van der Waals surface area contributed by atoms with Crippen molar-refractivity contribution >= 4 is 23.5 Å². The van der Waals surface area contributed by atoms with Crippen molar-refractivity contribution in [2.75, 3.05) is 5.32 Å². The molecular weight excluding hydrogens is 200 g/mol. The maximum Gasteiger partial charge on any atom is 0.221 e. The van der Waals surface area contributed by atoms with Crippen molar-refractivity contribution in [3.8, 4) is 0 Å². The van der Waals surface area contributed by atoms with Crippen molar-refractivity contribution in [3.63, 3.8) is 0 Å². The second kappa shape index (κ2) is 5.16. The van der Waals surface area contributed by atoms with E-state index in [1.54, 1.807) is 24.3 Å². The van der Waals surface area contributed by atoms with E-state index < -0.39 is 0 Å². The minimum absolute atomic E-state index is 0.111. The van der Waals surface area contributed by atoms with Gasteiger partial charge in [0.05, 0.1) is 0 Å². The smallest absolute Gasteiger partial charge is 0.221 e. The largest absolute Gasteiger partial charge is 0.326 e. The Morgan fingerprint density at radius 2 is 2.14 bits per heavy atom. The van der Waals surface area contributed by atoms with Crippen LogP contribution in [0.4, 0.5) is 5.69 Å². The van der Waals surface area contributed by atoms with E-state index in [0.717, 1.165) is 22.5 Å². The molecule has 0 radical (unpaired) electrons. The first-order chi connectivity index (χ1) is 6.72. The number of anilines is 1. The highest BCUT2D eigenvalue weighted by Gasteiger charge is 1.95. The molecule has 6 heteroatoms. The standard InChI is InChI=1S/C8H8N4OS/c1-6(13)10-7-2-4-8(5-3-7)14-12-11-9/h2-5H,1H3,(H,10,13). The first-order valence-corrected chi connectivity index (χ1v) is 4.59. The average Bonchev–Trinajstić information content (AvgIpc) is 2.16. The molecule has 0 aliphatic carbocycles. The van der Waals surface area contributed by atoms with Crippen molar-refractivity contribution in [1.29, 1.82) is 0 Å². The lowest BCUT2D eigenvalue weighted by Gasteiger charge is -2.01. The lowest BCUT2D eigenvalue weighted by Crippen LogP contribution is -2.05. The van der Waals surface area contributed by atoms with Crippen molar-refractivity contribution in [1.82, 2.24) is 0 Å². The normalized spacial score (nSPS) is 8.93. The monoisotopic (exact) mass is 208 g/mol. The van der Waals surface area contributed by atoms with Gasteiger partial charge in [-0.05, 0) is 46.3 Å². The first-order valence-electron chi connectivity index (χ1n) is 3.81. The molecule has 0 atom stereocenters. The highest BCUT2D eigenvalue weighted by molar-refractivity contribution is 7.98. The Balaban J connectivity index is 2.68. The van der Waals surface area contributed by atoms with Gasteiger partial charge in [-0.25, -0.2) is 0 Å². The van der Waals surface area contributed by atoms with E-state index in [4.69, 9.17) is 5.53 Å². The van der Waals surface area contributed by atoms with E-state index in [1.165, 1.54) is 6.92 Å². The van der Waals surface area contributed by atoms with E-state index in [-0.39, 0.29) is 5.91 Å². The molecule has 72 valence electrons. The summed E-state index contributed by atoms with van der Waals surface area (Å²) in [4.78, 5) is 14.1. The Hall–Kier alpha value is -1.65. The van der Waals surface area contributed by atoms with Gasteiger partial charge >= 0.3 is 0 Å². The van der Waals surface area contributed by atoms with Crippen LogP contribution in [0.2, 0.25) is 0 Å².